The molecule has 1 N–H and O–H groups in total. The third-order valence-corrected chi connectivity index (χ3v) is 3.62. The lowest BCUT2D eigenvalue weighted by Crippen LogP contribution is -2.24. The lowest BCUT2D eigenvalue weighted by atomic mass is 10.2. The van der Waals surface area contributed by atoms with Gasteiger partial charge < -0.3 is 14.8 Å². The van der Waals surface area contributed by atoms with Crippen LogP contribution in [0.1, 0.15) is 16.1 Å². The fraction of sp³-hybridized carbons (Fsp3) is 0.167. The lowest BCUT2D eigenvalue weighted by Gasteiger charge is -2.11. The van der Waals surface area contributed by atoms with Crippen molar-refractivity contribution in [3.05, 3.63) is 59.9 Å². The monoisotopic (exact) mass is 323 g/mol. The molecule has 0 spiro atoms. The number of nitrogens with zero attached hydrogens (tertiary/aromatic N) is 2. The topological polar surface area (TPSA) is 73.3 Å². The van der Waals surface area contributed by atoms with Crippen molar-refractivity contribution in [1.29, 1.82) is 0 Å². The first-order valence-electron chi connectivity index (χ1n) is 7.42. The van der Waals surface area contributed by atoms with Crippen molar-refractivity contribution < 1.29 is 14.3 Å². The van der Waals surface area contributed by atoms with Crippen molar-refractivity contribution in [2.45, 2.75) is 6.54 Å². The molecule has 0 aliphatic heterocycles. The van der Waals surface area contributed by atoms with E-state index < -0.39 is 0 Å². The summed E-state index contributed by atoms with van der Waals surface area (Å²) >= 11 is 0. The molecular formula is C18H17N3O3. The number of hydrogen-bond donors (Lipinski definition) is 1. The summed E-state index contributed by atoms with van der Waals surface area (Å²) in [6.07, 6.45) is 1.69. The molecule has 0 unspecified atom stereocenters. The first-order valence-corrected chi connectivity index (χ1v) is 7.42. The quantitative estimate of drug-likeness (QED) is 0.781. The van der Waals surface area contributed by atoms with Crippen molar-refractivity contribution in [3.8, 4) is 11.5 Å². The van der Waals surface area contributed by atoms with Crippen LogP contribution in [-0.2, 0) is 6.54 Å². The maximum Gasteiger partial charge on any atom is 0.270 e. The van der Waals surface area contributed by atoms with E-state index in [1.807, 2.05) is 18.2 Å². The van der Waals surface area contributed by atoms with E-state index in [1.54, 1.807) is 44.7 Å². The number of hydrogen-bond acceptors (Lipinski definition) is 5. The first-order chi connectivity index (χ1) is 11.7. The number of nitrogens with one attached hydrogen (secondary N) is 1. The molecule has 0 radical (unpaired) electrons. The highest BCUT2D eigenvalue weighted by Crippen LogP contribution is 2.24. The zero-order valence-corrected chi connectivity index (χ0v) is 13.4. The van der Waals surface area contributed by atoms with Crippen molar-refractivity contribution >= 4 is 16.9 Å². The van der Waals surface area contributed by atoms with Gasteiger partial charge in [0.2, 0.25) is 0 Å². The SMILES string of the molecule is COc1ccc(CNC(=O)c2ccc3ncccc3n2)c(OC)c1. The first kappa shape index (κ1) is 15.7. The second-order valence-corrected chi connectivity index (χ2v) is 5.10. The van der Waals surface area contributed by atoms with E-state index in [0.717, 1.165) is 11.1 Å². The van der Waals surface area contributed by atoms with Crippen LogP contribution in [0.15, 0.2) is 48.7 Å². The summed E-state index contributed by atoms with van der Waals surface area (Å²) < 4.78 is 10.5. The molecule has 0 aliphatic rings. The Bertz CT molecular complexity index is 880. The summed E-state index contributed by atoms with van der Waals surface area (Å²) in [6.45, 7) is 0.332. The molecule has 3 rings (SSSR count). The second-order valence-electron chi connectivity index (χ2n) is 5.10. The van der Waals surface area contributed by atoms with Crippen molar-refractivity contribution in [3.63, 3.8) is 0 Å². The number of rotatable bonds is 5. The fourth-order valence-corrected chi connectivity index (χ4v) is 2.35. The third-order valence-electron chi connectivity index (χ3n) is 3.62. The summed E-state index contributed by atoms with van der Waals surface area (Å²) in [5.41, 5.74) is 2.65. The highest BCUT2D eigenvalue weighted by molar-refractivity contribution is 5.94. The Balaban J connectivity index is 1.75. The molecule has 24 heavy (non-hydrogen) atoms. The van der Waals surface area contributed by atoms with Gasteiger partial charge in [0.1, 0.15) is 17.2 Å². The van der Waals surface area contributed by atoms with Gasteiger partial charge in [-0.05, 0) is 36.4 Å². The zero-order valence-electron chi connectivity index (χ0n) is 13.4. The van der Waals surface area contributed by atoms with Crippen LogP contribution in [-0.4, -0.2) is 30.1 Å². The Labute approximate surface area is 139 Å². The van der Waals surface area contributed by atoms with Crippen molar-refractivity contribution in [2.75, 3.05) is 14.2 Å². The Morgan fingerprint density at radius 2 is 1.96 bits per heavy atom. The molecule has 0 saturated carbocycles. The number of aromatic nitrogens is 2. The summed E-state index contributed by atoms with van der Waals surface area (Å²) in [5, 5.41) is 2.85. The van der Waals surface area contributed by atoms with Gasteiger partial charge in [0.05, 0.1) is 25.3 Å². The van der Waals surface area contributed by atoms with Crippen LogP contribution in [0, 0.1) is 0 Å². The summed E-state index contributed by atoms with van der Waals surface area (Å²) in [7, 11) is 3.18. The molecule has 1 amide bonds. The van der Waals surface area contributed by atoms with Crippen LogP contribution in [0.3, 0.4) is 0 Å². The highest BCUT2D eigenvalue weighted by atomic mass is 16.5. The van der Waals surface area contributed by atoms with Gasteiger partial charge in [-0.25, -0.2) is 4.98 Å². The number of pyridine rings is 2. The van der Waals surface area contributed by atoms with Gasteiger partial charge >= 0.3 is 0 Å². The van der Waals surface area contributed by atoms with Crippen LogP contribution in [0.25, 0.3) is 11.0 Å². The Morgan fingerprint density at radius 1 is 1.08 bits per heavy atom. The van der Waals surface area contributed by atoms with E-state index in [9.17, 15) is 4.79 Å². The van der Waals surface area contributed by atoms with Gasteiger partial charge in [-0.15, -0.1) is 0 Å². The number of fused-ring (bicyclic) bond motifs is 1. The molecule has 2 aromatic heterocycles. The zero-order chi connectivity index (χ0) is 16.9. The van der Waals surface area contributed by atoms with Crippen molar-refractivity contribution in [1.82, 2.24) is 15.3 Å². The molecule has 6 heteroatoms. The fourth-order valence-electron chi connectivity index (χ4n) is 2.35. The van der Waals surface area contributed by atoms with E-state index in [0.29, 0.717) is 29.3 Å². The number of methoxy groups -OCH3 is 2. The van der Waals surface area contributed by atoms with Crippen LogP contribution < -0.4 is 14.8 Å². The van der Waals surface area contributed by atoms with E-state index in [2.05, 4.69) is 15.3 Å². The second kappa shape index (κ2) is 6.95. The number of amides is 1. The Hall–Kier alpha value is -3.15. The largest absolute Gasteiger partial charge is 0.497 e. The van der Waals surface area contributed by atoms with Crippen LogP contribution in [0.5, 0.6) is 11.5 Å². The molecular weight excluding hydrogens is 306 g/mol. The molecule has 0 fully saturated rings. The van der Waals surface area contributed by atoms with E-state index in [-0.39, 0.29) is 5.91 Å². The molecule has 6 nitrogen and oxygen atoms in total. The number of ether oxygens (including phenoxy) is 2. The standard InChI is InChI=1S/C18H17N3O3/c1-23-13-6-5-12(17(10-13)24-2)11-20-18(22)16-8-7-14-15(21-16)4-3-9-19-14/h3-10H,11H2,1-2H3,(H,20,22). The summed E-state index contributed by atoms with van der Waals surface area (Å²) in [6, 6.07) is 12.5. The van der Waals surface area contributed by atoms with Gasteiger partial charge in [-0.1, -0.05) is 0 Å². The third kappa shape index (κ3) is 3.27. The molecule has 0 aliphatic carbocycles. The Kier molecular flexibility index (Phi) is 4.56. The minimum Gasteiger partial charge on any atom is -0.497 e. The highest BCUT2D eigenvalue weighted by Gasteiger charge is 2.10. The van der Waals surface area contributed by atoms with Gasteiger partial charge in [-0.3, -0.25) is 9.78 Å². The van der Waals surface area contributed by atoms with Gasteiger partial charge in [-0.2, -0.15) is 0 Å². The van der Waals surface area contributed by atoms with Crippen LogP contribution in [0.2, 0.25) is 0 Å². The molecule has 122 valence electrons. The van der Waals surface area contributed by atoms with Gasteiger partial charge in [0, 0.05) is 24.4 Å². The minimum absolute atomic E-state index is 0.251. The van der Waals surface area contributed by atoms with Gasteiger partial charge in [0.25, 0.3) is 5.91 Å². The molecule has 3 aromatic rings. The number of benzene rings is 1. The van der Waals surface area contributed by atoms with E-state index in [4.69, 9.17) is 9.47 Å². The predicted molar refractivity (Wildman–Crippen MR) is 90.3 cm³/mol. The van der Waals surface area contributed by atoms with Crippen LogP contribution >= 0.6 is 0 Å². The molecule has 1 aromatic carbocycles. The van der Waals surface area contributed by atoms with E-state index in [1.165, 1.54) is 0 Å². The Morgan fingerprint density at radius 3 is 2.75 bits per heavy atom. The number of carbonyl (C=O) groups excluding carboxylic acids is 1. The molecule has 0 saturated heterocycles. The molecule has 2 heterocycles. The average Bonchev–Trinajstić information content (AvgIpc) is 2.65. The minimum atomic E-state index is -0.251. The predicted octanol–water partition coefficient (Wildman–Crippen LogP) is 2.58. The molecule has 0 bridgehead atoms. The normalized spacial score (nSPS) is 10.4. The summed E-state index contributed by atoms with van der Waals surface area (Å²) in [5.74, 6) is 1.11. The van der Waals surface area contributed by atoms with Crippen LogP contribution in [0.4, 0.5) is 0 Å². The smallest absolute Gasteiger partial charge is 0.270 e. The lowest BCUT2D eigenvalue weighted by molar-refractivity contribution is 0.0946. The van der Waals surface area contributed by atoms with Crippen molar-refractivity contribution in [2.24, 2.45) is 0 Å². The summed E-state index contributed by atoms with van der Waals surface area (Å²) in [4.78, 5) is 20.8. The number of carbonyl (C=O) groups is 1. The van der Waals surface area contributed by atoms with E-state index >= 15 is 0 Å². The molecule has 0 atom stereocenters. The maximum atomic E-state index is 12.3. The average molecular weight is 323 g/mol. The van der Waals surface area contributed by atoms with Gasteiger partial charge in [0.15, 0.2) is 0 Å². The maximum absolute atomic E-state index is 12.3.